The molecule has 2 N–H and O–H groups in total. The second-order valence-corrected chi connectivity index (χ2v) is 6.71. The first-order valence-electron chi connectivity index (χ1n) is 6.55. The van der Waals surface area contributed by atoms with Crippen molar-refractivity contribution in [2.75, 3.05) is 18.8 Å². The molecule has 0 amide bonds. The lowest BCUT2D eigenvalue weighted by Crippen LogP contribution is -2.30. The predicted octanol–water partition coefficient (Wildman–Crippen LogP) is -0.0180. The van der Waals surface area contributed by atoms with E-state index in [1.807, 2.05) is 0 Å². The molecule has 1 aromatic rings. The van der Waals surface area contributed by atoms with Gasteiger partial charge in [-0.15, -0.1) is 0 Å². The van der Waals surface area contributed by atoms with Gasteiger partial charge in [-0.1, -0.05) is 5.16 Å². The topological polar surface area (TPSA) is 97.1 Å². The smallest absolute Gasteiger partial charge is 0.227 e. The van der Waals surface area contributed by atoms with Crippen molar-refractivity contribution in [2.45, 2.75) is 38.6 Å². The largest absolute Gasteiger partial charge is 0.339 e. The maximum Gasteiger partial charge on any atom is 0.227 e. The molecule has 0 saturated heterocycles. The number of sulfonamides is 1. The van der Waals surface area contributed by atoms with Crippen LogP contribution in [0.5, 0.6) is 0 Å². The molecule has 1 heterocycles. The summed E-state index contributed by atoms with van der Waals surface area (Å²) in [6.07, 6.45) is 3.48. The average Bonchev–Trinajstić information content (AvgIpc) is 3.08. The summed E-state index contributed by atoms with van der Waals surface area (Å²) in [4.78, 5) is 4.01. The van der Waals surface area contributed by atoms with E-state index < -0.39 is 10.0 Å². The minimum atomic E-state index is -3.20. The molecule has 19 heavy (non-hydrogen) atoms. The molecule has 0 radical (unpaired) electrons. The molecular formula is C11H20N4O3S. The molecule has 0 aromatic carbocycles. The highest BCUT2D eigenvalue weighted by molar-refractivity contribution is 7.89. The van der Waals surface area contributed by atoms with Crippen LogP contribution in [-0.2, 0) is 16.4 Å². The van der Waals surface area contributed by atoms with Crippen molar-refractivity contribution in [3.8, 4) is 0 Å². The fourth-order valence-electron chi connectivity index (χ4n) is 1.68. The van der Waals surface area contributed by atoms with Crippen LogP contribution < -0.4 is 10.0 Å². The van der Waals surface area contributed by atoms with Crippen LogP contribution in [0.1, 0.15) is 31.0 Å². The predicted molar refractivity (Wildman–Crippen MR) is 70.2 cm³/mol. The number of nitrogens with zero attached hydrogens (tertiary/aromatic N) is 2. The Bertz CT molecular complexity index is 496. The average molecular weight is 288 g/mol. The molecule has 0 bridgehead atoms. The summed E-state index contributed by atoms with van der Waals surface area (Å²) in [6, 6.07) is 0.622. The molecule has 0 spiro atoms. The first-order valence-corrected chi connectivity index (χ1v) is 8.20. The monoisotopic (exact) mass is 288 g/mol. The molecule has 1 saturated carbocycles. The number of hydrogen-bond acceptors (Lipinski definition) is 6. The van der Waals surface area contributed by atoms with Crippen LogP contribution in [0.3, 0.4) is 0 Å². The van der Waals surface area contributed by atoms with E-state index >= 15 is 0 Å². The molecule has 1 aliphatic rings. The van der Waals surface area contributed by atoms with E-state index in [1.165, 1.54) is 12.8 Å². The Hall–Kier alpha value is -0.990. The van der Waals surface area contributed by atoms with E-state index in [-0.39, 0.29) is 5.75 Å². The van der Waals surface area contributed by atoms with Crippen LogP contribution in [0, 0.1) is 6.92 Å². The summed E-state index contributed by atoms with van der Waals surface area (Å²) in [5, 5.41) is 6.93. The van der Waals surface area contributed by atoms with Gasteiger partial charge >= 0.3 is 0 Å². The van der Waals surface area contributed by atoms with Crippen LogP contribution in [0.25, 0.3) is 0 Å². The Labute approximate surface area is 113 Å². The minimum absolute atomic E-state index is 0.148. The molecule has 1 aliphatic carbocycles. The highest BCUT2D eigenvalue weighted by atomic mass is 32.2. The number of rotatable bonds is 9. The van der Waals surface area contributed by atoms with Crippen LogP contribution in [-0.4, -0.2) is 43.4 Å². The normalized spacial score (nSPS) is 15.8. The summed E-state index contributed by atoms with van der Waals surface area (Å²) in [6.45, 7) is 2.78. The Balaban J connectivity index is 1.59. The van der Waals surface area contributed by atoms with Gasteiger partial charge in [0.05, 0.1) is 5.75 Å². The van der Waals surface area contributed by atoms with Crippen molar-refractivity contribution in [2.24, 2.45) is 0 Å². The van der Waals surface area contributed by atoms with Crippen molar-refractivity contribution in [1.82, 2.24) is 20.2 Å². The highest BCUT2D eigenvalue weighted by Crippen LogP contribution is 2.18. The van der Waals surface area contributed by atoms with Crippen molar-refractivity contribution in [1.29, 1.82) is 0 Å². The summed E-state index contributed by atoms with van der Waals surface area (Å²) in [5.74, 6) is 1.16. The number of nitrogens with one attached hydrogen (secondary N) is 2. The molecule has 2 rings (SSSR count). The third-order valence-electron chi connectivity index (χ3n) is 2.83. The van der Waals surface area contributed by atoms with Crippen LogP contribution in [0.4, 0.5) is 0 Å². The van der Waals surface area contributed by atoms with E-state index in [2.05, 4.69) is 20.2 Å². The van der Waals surface area contributed by atoms with E-state index in [1.54, 1.807) is 6.92 Å². The van der Waals surface area contributed by atoms with Crippen molar-refractivity contribution < 1.29 is 12.9 Å². The fraction of sp³-hybridized carbons (Fsp3) is 0.818. The van der Waals surface area contributed by atoms with Gasteiger partial charge in [0.25, 0.3) is 0 Å². The van der Waals surface area contributed by atoms with Gasteiger partial charge in [0.15, 0.2) is 5.82 Å². The van der Waals surface area contributed by atoms with Gasteiger partial charge in [-0.3, -0.25) is 0 Å². The lowest BCUT2D eigenvalue weighted by molar-refractivity contribution is 0.375. The maximum absolute atomic E-state index is 11.7. The molecule has 1 fully saturated rings. The summed E-state index contributed by atoms with van der Waals surface area (Å²) in [7, 11) is -3.20. The van der Waals surface area contributed by atoms with Crippen LogP contribution in [0.15, 0.2) is 4.52 Å². The molecule has 0 unspecified atom stereocenters. The second-order valence-electron chi connectivity index (χ2n) is 4.78. The van der Waals surface area contributed by atoms with Gasteiger partial charge in [-0.25, -0.2) is 13.1 Å². The Morgan fingerprint density at radius 1 is 1.37 bits per heavy atom. The van der Waals surface area contributed by atoms with Crippen LogP contribution >= 0.6 is 0 Å². The SMILES string of the molecule is Cc1noc(CCNS(=O)(=O)CCCNC2CC2)n1. The zero-order chi connectivity index (χ0) is 13.7. The van der Waals surface area contributed by atoms with Crippen LogP contribution in [0.2, 0.25) is 0 Å². The Morgan fingerprint density at radius 2 is 2.16 bits per heavy atom. The van der Waals surface area contributed by atoms with Crippen molar-refractivity contribution >= 4 is 10.0 Å². The van der Waals surface area contributed by atoms with E-state index in [0.717, 1.165) is 6.54 Å². The van der Waals surface area contributed by atoms with E-state index in [4.69, 9.17) is 4.52 Å². The second kappa shape index (κ2) is 6.44. The lowest BCUT2D eigenvalue weighted by Gasteiger charge is -2.06. The van der Waals surface area contributed by atoms with E-state index in [0.29, 0.717) is 37.1 Å². The van der Waals surface area contributed by atoms with E-state index in [9.17, 15) is 8.42 Å². The molecule has 108 valence electrons. The minimum Gasteiger partial charge on any atom is -0.339 e. The van der Waals surface area contributed by atoms with Gasteiger partial charge in [-0.2, -0.15) is 4.98 Å². The van der Waals surface area contributed by atoms with Gasteiger partial charge in [0.1, 0.15) is 0 Å². The molecule has 0 aliphatic heterocycles. The van der Waals surface area contributed by atoms with Gasteiger partial charge in [0.2, 0.25) is 15.9 Å². The number of hydrogen-bond donors (Lipinski definition) is 2. The van der Waals surface area contributed by atoms with Crippen molar-refractivity contribution in [3.63, 3.8) is 0 Å². The first-order chi connectivity index (χ1) is 9.05. The van der Waals surface area contributed by atoms with Gasteiger partial charge in [-0.05, 0) is 32.7 Å². The number of aryl methyl sites for hydroxylation is 1. The zero-order valence-corrected chi connectivity index (χ0v) is 11.9. The Morgan fingerprint density at radius 3 is 2.79 bits per heavy atom. The third-order valence-corrected chi connectivity index (χ3v) is 4.30. The quantitative estimate of drug-likeness (QED) is 0.620. The zero-order valence-electron chi connectivity index (χ0n) is 11.1. The van der Waals surface area contributed by atoms with Gasteiger partial charge < -0.3 is 9.84 Å². The Kier molecular flexibility index (Phi) is 4.89. The van der Waals surface area contributed by atoms with Crippen molar-refractivity contribution in [3.05, 3.63) is 11.7 Å². The van der Waals surface area contributed by atoms with Gasteiger partial charge in [0, 0.05) is 19.0 Å². The molecular weight excluding hydrogens is 268 g/mol. The molecule has 0 atom stereocenters. The fourth-order valence-corrected chi connectivity index (χ4v) is 2.76. The summed E-state index contributed by atoms with van der Waals surface area (Å²) in [5.41, 5.74) is 0. The summed E-state index contributed by atoms with van der Waals surface area (Å²) < 4.78 is 30.8. The third kappa shape index (κ3) is 5.66. The lowest BCUT2D eigenvalue weighted by atomic mass is 10.4. The number of aromatic nitrogens is 2. The standard InChI is InChI=1S/C11H20N4O3S/c1-9-14-11(18-15-9)5-7-13-19(16,17)8-2-6-12-10-3-4-10/h10,12-13H,2-8H2,1H3. The molecule has 1 aromatic heterocycles. The summed E-state index contributed by atoms with van der Waals surface area (Å²) >= 11 is 0. The first kappa shape index (κ1) is 14.4. The highest BCUT2D eigenvalue weighted by Gasteiger charge is 2.20. The molecule has 8 heteroatoms. The molecule has 7 nitrogen and oxygen atoms in total. The maximum atomic E-state index is 11.7.